The molecule has 10 heteroatoms. The van der Waals surface area contributed by atoms with E-state index in [1.165, 1.54) is 0 Å². The summed E-state index contributed by atoms with van der Waals surface area (Å²) in [5.74, 6) is -9.00. The predicted octanol–water partition coefficient (Wildman–Crippen LogP) is 2.48. The van der Waals surface area contributed by atoms with Crippen LogP contribution in [0.1, 0.15) is 76.1 Å². The summed E-state index contributed by atoms with van der Waals surface area (Å²) in [6, 6.07) is 0. The van der Waals surface area contributed by atoms with E-state index in [0.717, 1.165) is 27.7 Å². The van der Waals surface area contributed by atoms with Gasteiger partial charge in [-0.25, -0.2) is 0 Å². The maximum atomic E-state index is 11.7. The van der Waals surface area contributed by atoms with Crippen molar-refractivity contribution in [1.29, 1.82) is 0 Å². The van der Waals surface area contributed by atoms with Crippen LogP contribution in [0.4, 0.5) is 0 Å². The lowest BCUT2D eigenvalue weighted by molar-refractivity contribution is -0.562. The van der Waals surface area contributed by atoms with E-state index >= 15 is 0 Å². The molecule has 0 rings (SSSR count). The van der Waals surface area contributed by atoms with E-state index in [4.69, 9.17) is 21.9 Å². The third-order valence-corrected chi connectivity index (χ3v) is 2.58. The Bertz CT molecular complexity index is 934. The van der Waals surface area contributed by atoms with Gasteiger partial charge in [0.25, 0.3) is 0 Å². The fraction of sp³-hybridized carbons (Fsp3) is 0.875. The SMILES string of the molecule is [2H]C([2H])([2H])OC(=O)C(C([2H])([2H])[2H])C([2H])([2H])C(C)(C)[N+](=O)[O-].[2H]C([2H])([2H])OC(=O)[C@@H](C([2H])([2H])[2H])C([2H])([2H])C(C)(C)[N+](=O)[O-]. The van der Waals surface area contributed by atoms with Gasteiger partial charge in [0.15, 0.2) is 0 Å². The standard InChI is InChI=1S/2C8H15NO4/c2*1-6(7(10)13-4)5-8(2,3)9(11)12/h2*6H,5H2,1-4H3/t6-;/m0./s1/i2*1D3,4D3,5D2. The van der Waals surface area contributed by atoms with Crippen molar-refractivity contribution in [3.05, 3.63) is 20.2 Å². The van der Waals surface area contributed by atoms with Gasteiger partial charge in [0.05, 0.1) is 34.1 Å². The molecule has 0 N–H and O–H groups in total. The van der Waals surface area contributed by atoms with Crippen molar-refractivity contribution in [2.45, 2.75) is 65.2 Å². The van der Waals surface area contributed by atoms with Gasteiger partial charge in [0, 0.05) is 64.0 Å². The fourth-order valence-electron chi connectivity index (χ4n) is 1.05. The van der Waals surface area contributed by atoms with Crippen LogP contribution in [0.25, 0.3) is 0 Å². The molecule has 0 saturated heterocycles. The summed E-state index contributed by atoms with van der Waals surface area (Å²) in [5.41, 5.74) is -4.92. The first-order chi connectivity index (χ1) is 17.9. The van der Waals surface area contributed by atoms with Crippen LogP contribution in [0.15, 0.2) is 0 Å². The lowest BCUT2D eigenvalue weighted by atomic mass is 9.92. The van der Waals surface area contributed by atoms with Crippen molar-refractivity contribution in [2.75, 3.05) is 14.1 Å². The van der Waals surface area contributed by atoms with E-state index in [-0.39, 0.29) is 0 Å². The second-order valence-electron chi connectivity index (χ2n) is 5.63. The molecule has 0 spiro atoms. The van der Waals surface area contributed by atoms with E-state index in [9.17, 15) is 29.8 Å². The van der Waals surface area contributed by atoms with E-state index in [2.05, 4.69) is 9.47 Å². The number of hydrogen-bond donors (Lipinski definition) is 0. The second kappa shape index (κ2) is 10.7. The predicted molar refractivity (Wildman–Crippen MR) is 93.7 cm³/mol. The number of rotatable bonds is 8. The summed E-state index contributed by atoms with van der Waals surface area (Å²) in [6.07, 6.45) is -6.35. The Balaban J connectivity index is 0. The van der Waals surface area contributed by atoms with Gasteiger partial charge in [-0.15, -0.1) is 0 Å². The molecule has 0 aromatic rings. The molecule has 0 saturated carbocycles. The third-order valence-electron chi connectivity index (χ3n) is 2.58. The van der Waals surface area contributed by atoms with Crippen LogP contribution in [0.5, 0.6) is 0 Å². The molecule has 0 radical (unpaired) electrons. The molecule has 1 unspecified atom stereocenters. The minimum Gasteiger partial charge on any atom is -0.469 e. The zero-order valence-electron chi connectivity index (χ0n) is 30.3. The van der Waals surface area contributed by atoms with Crippen molar-refractivity contribution in [3.8, 4) is 0 Å². The van der Waals surface area contributed by atoms with E-state index in [0.29, 0.717) is 0 Å². The fourth-order valence-corrected chi connectivity index (χ4v) is 1.05. The molecule has 0 fully saturated rings. The zero-order valence-corrected chi connectivity index (χ0v) is 14.3. The molecule has 0 bridgehead atoms. The van der Waals surface area contributed by atoms with Crippen molar-refractivity contribution in [1.82, 2.24) is 0 Å². The topological polar surface area (TPSA) is 139 Å². The molecule has 0 heterocycles. The highest BCUT2D eigenvalue weighted by atomic mass is 16.6. The maximum Gasteiger partial charge on any atom is 0.308 e. The van der Waals surface area contributed by atoms with Gasteiger partial charge in [-0.05, 0) is 0 Å². The lowest BCUT2D eigenvalue weighted by Gasteiger charge is -2.18. The van der Waals surface area contributed by atoms with E-state index < -0.39 is 85.2 Å². The number of carbonyl (C=O) groups excluding carboxylic acids is 2. The molecule has 152 valence electrons. The Morgan fingerprint density at radius 2 is 1.23 bits per heavy atom. The van der Waals surface area contributed by atoms with E-state index in [1.54, 1.807) is 0 Å². The Hall–Kier alpha value is -2.26. The average Bonchev–Trinajstić information content (AvgIpc) is 2.61. The highest BCUT2D eigenvalue weighted by molar-refractivity contribution is 5.72. The van der Waals surface area contributed by atoms with Crippen LogP contribution in [0.3, 0.4) is 0 Å². The summed E-state index contributed by atoms with van der Waals surface area (Å²) in [5, 5.41) is 21.9. The molecule has 2 atom stereocenters. The Morgan fingerprint density at radius 3 is 1.42 bits per heavy atom. The van der Waals surface area contributed by atoms with Crippen molar-refractivity contribution < 1.29 is 50.8 Å². The number of carbonyl (C=O) groups is 2. The van der Waals surface area contributed by atoms with Gasteiger partial charge < -0.3 is 9.47 Å². The summed E-state index contributed by atoms with van der Waals surface area (Å²) in [4.78, 5) is 43.1. The Morgan fingerprint density at radius 1 is 0.923 bits per heavy atom. The van der Waals surface area contributed by atoms with Gasteiger partial charge in [0.1, 0.15) is 0 Å². The molecular formula is C16H30N2O8. The van der Waals surface area contributed by atoms with Crippen LogP contribution in [-0.4, -0.2) is 46.9 Å². The maximum absolute atomic E-state index is 11.7. The van der Waals surface area contributed by atoms with Crippen LogP contribution >= 0.6 is 0 Å². The van der Waals surface area contributed by atoms with Crippen LogP contribution in [0, 0.1) is 32.1 Å². The monoisotopic (exact) mass is 394 g/mol. The van der Waals surface area contributed by atoms with Crippen LogP contribution < -0.4 is 0 Å². The molecule has 0 aromatic heterocycles. The summed E-state index contributed by atoms with van der Waals surface area (Å²) in [7, 11) is -6.56. The minimum atomic E-state index is -3.32. The number of esters is 2. The van der Waals surface area contributed by atoms with Crippen molar-refractivity contribution >= 4 is 11.9 Å². The molecule has 26 heavy (non-hydrogen) atoms. The normalized spacial score (nSPS) is 25.7. The number of hydrogen-bond acceptors (Lipinski definition) is 8. The van der Waals surface area contributed by atoms with Crippen LogP contribution in [0.2, 0.25) is 0 Å². The quantitative estimate of drug-likeness (QED) is 0.347. The summed E-state index contributed by atoms with van der Waals surface area (Å²) < 4.78 is 122. The molecule has 0 aliphatic heterocycles. The molecule has 0 amide bonds. The largest absolute Gasteiger partial charge is 0.469 e. The molecule has 0 aliphatic rings. The number of ether oxygens (including phenoxy) is 2. The van der Waals surface area contributed by atoms with Gasteiger partial charge in [0.2, 0.25) is 11.1 Å². The number of methoxy groups -OCH3 is 2. The molecule has 0 aromatic carbocycles. The van der Waals surface area contributed by atoms with Gasteiger partial charge >= 0.3 is 11.9 Å². The first kappa shape index (κ1) is 8.62. The van der Waals surface area contributed by atoms with Gasteiger partial charge in [-0.2, -0.15) is 0 Å². The van der Waals surface area contributed by atoms with Crippen molar-refractivity contribution in [2.24, 2.45) is 11.8 Å². The smallest absolute Gasteiger partial charge is 0.308 e. The lowest BCUT2D eigenvalue weighted by Crippen LogP contribution is -2.35. The Kier molecular flexibility index (Phi) is 3.54. The second-order valence-corrected chi connectivity index (χ2v) is 5.63. The molecular weight excluding hydrogens is 348 g/mol. The highest BCUT2D eigenvalue weighted by Gasteiger charge is 2.36. The highest BCUT2D eigenvalue weighted by Crippen LogP contribution is 2.21. The number of nitro groups is 2. The number of nitrogens with zero attached hydrogens (tertiary/aromatic N) is 2. The van der Waals surface area contributed by atoms with Gasteiger partial charge in [-0.3, -0.25) is 29.8 Å². The average molecular weight is 395 g/mol. The third kappa shape index (κ3) is 9.28. The summed E-state index contributed by atoms with van der Waals surface area (Å²) >= 11 is 0. The van der Waals surface area contributed by atoms with E-state index in [1.807, 2.05) is 0 Å². The first-order valence-electron chi connectivity index (χ1n) is 14.6. The Labute approximate surface area is 176 Å². The molecule has 10 nitrogen and oxygen atoms in total. The van der Waals surface area contributed by atoms with Gasteiger partial charge in [-0.1, -0.05) is 13.7 Å². The molecule has 0 aliphatic carbocycles. The van der Waals surface area contributed by atoms with Crippen LogP contribution in [-0.2, 0) is 19.1 Å². The minimum absolute atomic E-state index is 0.800. The first-order valence-corrected chi connectivity index (χ1v) is 6.63. The summed E-state index contributed by atoms with van der Waals surface area (Å²) in [6.45, 7) is -3.44. The zero-order chi connectivity index (χ0) is 34.9. The van der Waals surface area contributed by atoms with Crippen molar-refractivity contribution in [3.63, 3.8) is 0 Å².